The lowest BCUT2D eigenvalue weighted by atomic mass is 9.98. The van der Waals surface area contributed by atoms with Crippen LogP contribution in [0, 0.1) is 5.92 Å². The van der Waals surface area contributed by atoms with Gasteiger partial charge in [-0.3, -0.25) is 4.79 Å². The van der Waals surface area contributed by atoms with E-state index in [9.17, 15) is 9.59 Å². The zero-order chi connectivity index (χ0) is 15.3. The number of hydrogen-bond acceptors (Lipinski definition) is 3. The molecule has 0 aliphatic heterocycles. The molecule has 1 amide bonds. The second-order valence-electron chi connectivity index (χ2n) is 5.06. The fourth-order valence-electron chi connectivity index (χ4n) is 1.84. The Labute approximate surface area is 118 Å². The van der Waals surface area contributed by atoms with Crippen molar-refractivity contribution in [3.8, 4) is 5.75 Å². The monoisotopic (exact) mass is 279 g/mol. The third-order valence-corrected chi connectivity index (χ3v) is 3.24. The van der Waals surface area contributed by atoms with Crippen LogP contribution in [-0.4, -0.2) is 30.1 Å². The van der Waals surface area contributed by atoms with Crippen molar-refractivity contribution in [3.63, 3.8) is 0 Å². The van der Waals surface area contributed by atoms with Gasteiger partial charge in [-0.2, -0.15) is 0 Å². The topological polar surface area (TPSA) is 75.6 Å². The summed E-state index contributed by atoms with van der Waals surface area (Å²) in [5.41, 5.74) is 0.816. The molecule has 2 N–H and O–H groups in total. The van der Waals surface area contributed by atoms with E-state index in [4.69, 9.17) is 9.84 Å². The molecule has 0 heterocycles. The standard InChI is InChI=1S/C15H21NO4/c1-9(2)13(15(18)19)16-14(17)10(3)11-5-7-12(20-4)8-6-11/h5-10,13H,1-4H3,(H,16,17)(H,18,19). The molecule has 1 rings (SSSR count). The number of rotatable bonds is 6. The van der Waals surface area contributed by atoms with Crippen molar-refractivity contribution in [2.24, 2.45) is 5.92 Å². The second kappa shape index (κ2) is 6.93. The van der Waals surface area contributed by atoms with Gasteiger partial charge in [0.15, 0.2) is 0 Å². The van der Waals surface area contributed by atoms with Crippen LogP contribution in [0.4, 0.5) is 0 Å². The molecule has 1 aromatic rings. The molecule has 0 aromatic heterocycles. The number of ether oxygens (including phenoxy) is 1. The molecule has 110 valence electrons. The number of amides is 1. The first-order valence-corrected chi connectivity index (χ1v) is 6.54. The molecule has 0 saturated carbocycles. The lowest BCUT2D eigenvalue weighted by Gasteiger charge is -2.20. The van der Waals surface area contributed by atoms with Crippen molar-refractivity contribution in [3.05, 3.63) is 29.8 Å². The van der Waals surface area contributed by atoms with Gasteiger partial charge in [-0.1, -0.05) is 26.0 Å². The minimum absolute atomic E-state index is 0.167. The van der Waals surface area contributed by atoms with Crippen LogP contribution in [-0.2, 0) is 9.59 Å². The van der Waals surface area contributed by atoms with Gasteiger partial charge in [-0.25, -0.2) is 4.79 Å². The first-order valence-electron chi connectivity index (χ1n) is 6.54. The van der Waals surface area contributed by atoms with E-state index < -0.39 is 17.9 Å². The lowest BCUT2D eigenvalue weighted by molar-refractivity contribution is -0.143. The van der Waals surface area contributed by atoms with Gasteiger partial charge in [0.1, 0.15) is 11.8 Å². The van der Waals surface area contributed by atoms with E-state index in [1.54, 1.807) is 52.1 Å². The molecule has 2 atom stereocenters. The average Bonchev–Trinajstić information content (AvgIpc) is 2.43. The number of carboxylic acids is 1. The third kappa shape index (κ3) is 3.98. The highest BCUT2D eigenvalue weighted by molar-refractivity contribution is 5.87. The number of benzene rings is 1. The molecular weight excluding hydrogens is 258 g/mol. The van der Waals surface area contributed by atoms with Crippen LogP contribution in [0.5, 0.6) is 5.75 Å². The summed E-state index contributed by atoms with van der Waals surface area (Å²) in [5, 5.41) is 11.7. The second-order valence-corrected chi connectivity index (χ2v) is 5.06. The van der Waals surface area contributed by atoms with Crippen molar-refractivity contribution in [2.45, 2.75) is 32.7 Å². The van der Waals surface area contributed by atoms with E-state index in [1.165, 1.54) is 0 Å². The van der Waals surface area contributed by atoms with Crippen molar-refractivity contribution in [1.29, 1.82) is 0 Å². The maximum atomic E-state index is 12.1. The molecule has 0 fully saturated rings. The van der Waals surface area contributed by atoms with Crippen LogP contribution in [0.1, 0.15) is 32.3 Å². The quantitative estimate of drug-likeness (QED) is 0.835. The van der Waals surface area contributed by atoms with Crippen molar-refractivity contribution in [1.82, 2.24) is 5.32 Å². The summed E-state index contributed by atoms with van der Waals surface area (Å²) in [6.45, 7) is 5.27. The zero-order valence-corrected chi connectivity index (χ0v) is 12.2. The Bertz CT molecular complexity index is 467. The number of nitrogens with one attached hydrogen (secondary N) is 1. The van der Waals surface area contributed by atoms with Crippen LogP contribution in [0.2, 0.25) is 0 Å². The normalized spacial score (nSPS) is 13.7. The van der Waals surface area contributed by atoms with E-state index in [1.807, 2.05) is 0 Å². The minimum Gasteiger partial charge on any atom is -0.497 e. The fraction of sp³-hybridized carbons (Fsp3) is 0.467. The predicted molar refractivity (Wildman–Crippen MR) is 75.8 cm³/mol. The molecule has 0 saturated heterocycles. The zero-order valence-electron chi connectivity index (χ0n) is 12.2. The van der Waals surface area contributed by atoms with Gasteiger partial charge in [0.05, 0.1) is 13.0 Å². The Morgan fingerprint density at radius 3 is 2.10 bits per heavy atom. The highest BCUT2D eigenvalue weighted by atomic mass is 16.5. The summed E-state index contributed by atoms with van der Waals surface area (Å²) in [4.78, 5) is 23.2. The third-order valence-electron chi connectivity index (χ3n) is 3.24. The minimum atomic E-state index is -1.02. The Morgan fingerprint density at radius 2 is 1.70 bits per heavy atom. The van der Waals surface area contributed by atoms with Gasteiger partial charge in [0, 0.05) is 0 Å². The molecule has 0 aliphatic carbocycles. The van der Waals surface area contributed by atoms with Gasteiger partial charge >= 0.3 is 5.97 Å². The molecule has 5 nitrogen and oxygen atoms in total. The van der Waals surface area contributed by atoms with E-state index in [0.29, 0.717) is 5.75 Å². The molecule has 0 spiro atoms. The number of methoxy groups -OCH3 is 1. The summed E-state index contributed by atoms with van der Waals surface area (Å²) in [7, 11) is 1.57. The number of aliphatic carboxylic acids is 1. The first-order chi connectivity index (χ1) is 9.36. The summed E-state index contributed by atoms with van der Waals surface area (Å²) in [6, 6.07) is 6.28. The van der Waals surface area contributed by atoms with Crippen LogP contribution >= 0.6 is 0 Å². The number of carbonyl (C=O) groups excluding carboxylic acids is 1. The van der Waals surface area contributed by atoms with Crippen molar-refractivity contribution >= 4 is 11.9 Å². The SMILES string of the molecule is COc1ccc(C(C)C(=O)NC(C(=O)O)C(C)C)cc1. The predicted octanol–water partition coefficient (Wildman–Crippen LogP) is 2.02. The van der Waals surface area contributed by atoms with E-state index in [-0.39, 0.29) is 11.8 Å². The van der Waals surface area contributed by atoms with Gasteiger partial charge in [0.25, 0.3) is 0 Å². The number of hydrogen-bond donors (Lipinski definition) is 2. The van der Waals surface area contributed by atoms with Crippen LogP contribution in [0.3, 0.4) is 0 Å². The molecule has 0 bridgehead atoms. The van der Waals surface area contributed by atoms with Crippen molar-refractivity contribution in [2.75, 3.05) is 7.11 Å². The smallest absolute Gasteiger partial charge is 0.326 e. The average molecular weight is 279 g/mol. The Balaban J connectivity index is 2.77. The lowest BCUT2D eigenvalue weighted by Crippen LogP contribution is -2.45. The van der Waals surface area contributed by atoms with Gasteiger partial charge in [0.2, 0.25) is 5.91 Å². The fourth-order valence-corrected chi connectivity index (χ4v) is 1.84. The van der Waals surface area contributed by atoms with Gasteiger partial charge < -0.3 is 15.2 Å². The maximum Gasteiger partial charge on any atom is 0.326 e. The molecule has 20 heavy (non-hydrogen) atoms. The Morgan fingerprint density at radius 1 is 1.15 bits per heavy atom. The highest BCUT2D eigenvalue weighted by Crippen LogP contribution is 2.19. The van der Waals surface area contributed by atoms with E-state index in [2.05, 4.69) is 5.32 Å². The molecular formula is C15H21NO4. The molecule has 0 radical (unpaired) electrons. The molecule has 2 unspecified atom stereocenters. The Kier molecular flexibility index (Phi) is 5.55. The first kappa shape index (κ1) is 16.0. The van der Waals surface area contributed by atoms with Crippen LogP contribution < -0.4 is 10.1 Å². The van der Waals surface area contributed by atoms with Crippen LogP contribution in [0.15, 0.2) is 24.3 Å². The summed E-state index contributed by atoms with van der Waals surface area (Å²) >= 11 is 0. The summed E-state index contributed by atoms with van der Waals surface area (Å²) in [5.74, 6) is -1.18. The van der Waals surface area contributed by atoms with E-state index in [0.717, 1.165) is 5.56 Å². The number of carbonyl (C=O) groups is 2. The summed E-state index contributed by atoms with van der Waals surface area (Å²) in [6.07, 6.45) is 0. The largest absolute Gasteiger partial charge is 0.497 e. The molecule has 0 aliphatic rings. The highest BCUT2D eigenvalue weighted by Gasteiger charge is 2.26. The van der Waals surface area contributed by atoms with Crippen LogP contribution in [0.25, 0.3) is 0 Å². The Hall–Kier alpha value is -2.04. The van der Waals surface area contributed by atoms with Crippen molar-refractivity contribution < 1.29 is 19.4 Å². The van der Waals surface area contributed by atoms with E-state index >= 15 is 0 Å². The summed E-state index contributed by atoms with van der Waals surface area (Å²) < 4.78 is 5.06. The van der Waals surface area contributed by atoms with Gasteiger partial charge in [-0.05, 0) is 30.5 Å². The maximum absolute atomic E-state index is 12.1. The molecule has 1 aromatic carbocycles. The van der Waals surface area contributed by atoms with Gasteiger partial charge in [-0.15, -0.1) is 0 Å². The molecule has 5 heteroatoms. The number of carboxylic acid groups (broad SMARTS) is 1.